The van der Waals surface area contributed by atoms with E-state index < -0.39 is 0 Å². The molecule has 0 N–H and O–H groups in total. The van der Waals surface area contributed by atoms with Gasteiger partial charge >= 0.3 is 0 Å². The van der Waals surface area contributed by atoms with Gasteiger partial charge in [0, 0.05) is 34.8 Å². The lowest BCUT2D eigenvalue weighted by Gasteiger charge is -2.44. The largest absolute Gasteiger partial charge is 0.336 e. The highest BCUT2D eigenvalue weighted by molar-refractivity contribution is 14.1. The fraction of sp³-hybridized carbons (Fsp3) is 0.533. The summed E-state index contributed by atoms with van der Waals surface area (Å²) >= 11 is 2.26. The molecule has 1 aromatic carbocycles. The minimum Gasteiger partial charge on any atom is -0.336 e. The van der Waals surface area contributed by atoms with Gasteiger partial charge in [-0.1, -0.05) is 12.5 Å². The van der Waals surface area contributed by atoms with Gasteiger partial charge in [0.1, 0.15) is 0 Å². The van der Waals surface area contributed by atoms with Crippen molar-refractivity contribution in [3.63, 3.8) is 0 Å². The predicted octanol–water partition coefficient (Wildman–Crippen LogP) is 2.60. The van der Waals surface area contributed by atoms with Crippen molar-refractivity contribution in [1.29, 1.82) is 0 Å². The fourth-order valence-electron chi connectivity index (χ4n) is 3.14. The zero-order valence-corrected chi connectivity index (χ0v) is 13.2. The Morgan fingerprint density at radius 3 is 2.95 bits per heavy atom. The summed E-state index contributed by atoms with van der Waals surface area (Å²) < 4.78 is 1.12. The third-order valence-electron chi connectivity index (χ3n) is 4.20. The molecule has 3 nitrogen and oxygen atoms in total. The highest BCUT2D eigenvalue weighted by Gasteiger charge is 2.31. The van der Waals surface area contributed by atoms with E-state index in [1.165, 1.54) is 25.8 Å². The maximum absolute atomic E-state index is 12.5. The summed E-state index contributed by atoms with van der Waals surface area (Å²) in [5.41, 5.74) is 0.830. The van der Waals surface area contributed by atoms with Crippen molar-refractivity contribution >= 4 is 28.5 Å². The Morgan fingerprint density at radius 1 is 1.21 bits per heavy atom. The Kier molecular flexibility index (Phi) is 4.07. The molecule has 1 amide bonds. The number of hydrogen-bond donors (Lipinski definition) is 0. The van der Waals surface area contributed by atoms with E-state index in [1.807, 2.05) is 29.2 Å². The first-order valence-corrected chi connectivity index (χ1v) is 8.11. The first-order chi connectivity index (χ1) is 9.24. The zero-order valence-electron chi connectivity index (χ0n) is 11.0. The van der Waals surface area contributed by atoms with Crippen LogP contribution in [0.5, 0.6) is 0 Å². The summed E-state index contributed by atoms with van der Waals surface area (Å²) in [5, 5.41) is 0. The molecular formula is C15H19IN2O. The SMILES string of the molecule is O=C(c1cccc(I)c1)N1CCN2CCCCC2C1. The zero-order chi connectivity index (χ0) is 13.2. The molecule has 0 saturated carbocycles. The second-order valence-electron chi connectivity index (χ2n) is 5.45. The van der Waals surface area contributed by atoms with Gasteiger partial charge in [0.05, 0.1) is 0 Å². The molecule has 1 aromatic rings. The van der Waals surface area contributed by atoms with E-state index in [1.54, 1.807) is 0 Å². The van der Waals surface area contributed by atoms with Gasteiger partial charge in [0.2, 0.25) is 0 Å². The predicted molar refractivity (Wildman–Crippen MR) is 84.3 cm³/mol. The third-order valence-corrected chi connectivity index (χ3v) is 4.87. The van der Waals surface area contributed by atoms with Gasteiger partial charge in [0.25, 0.3) is 5.91 Å². The maximum atomic E-state index is 12.5. The van der Waals surface area contributed by atoms with Crippen molar-refractivity contribution in [2.45, 2.75) is 25.3 Å². The van der Waals surface area contributed by atoms with Gasteiger partial charge in [-0.2, -0.15) is 0 Å². The standard InChI is InChI=1S/C15H19IN2O/c16-13-5-3-4-12(10-13)15(19)18-9-8-17-7-2-1-6-14(17)11-18/h3-5,10,14H,1-2,6-9,11H2. The van der Waals surface area contributed by atoms with Crippen molar-refractivity contribution < 1.29 is 4.79 Å². The molecule has 102 valence electrons. The van der Waals surface area contributed by atoms with Gasteiger partial charge in [-0.25, -0.2) is 0 Å². The number of amides is 1. The molecule has 4 heteroatoms. The molecule has 3 rings (SSSR count). The van der Waals surface area contributed by atoms with Crippen molar-refractivity contribution in [2.24, 2.45) is 0 Å². The number of piperidine rings is 1. The molecule has 2 heterocycles. The normalized spacial score (nSPS) is 24.1. The van der Waals surface area contributed by atoms with E-state index in [-0.39, 0.29) is 5.91 Å². The average molecular weight is 370 g/mol. The smallest absolute Gasteiger partial charge is 0.253 e. The first kappa shape index (κ1) is 13.4. The number of nitrogens with zero attached hydrogens (tertiary/aromatic N) is 2. The lowest BCUT2D eigenvalue weighted by atomic mass is 9.99. The molecule has 2 aliphatic heterocycles. The van der Waals surface area contributed by atoms with E-state index in [0.29, 0.717) is 6.04 Å². The van der Waals surface area contributed by atoms with Crippen LogP contribution in [0.4, 0.5) is 0 Å². The van der Waals surface area contributed by atoms with Crippen LogP contribution in [-0.2, 0) is 0 Å². The quantitative estimate of drug-likeness (QED) is 0.710. The van der Waals surface area contributed by atoms with E-state index in [2.05, 4.69) is 27.5 Å². The molecule has 1 unspecified atom stereocenters. The highest BCUT2D eigenvalue weighted by atomic mass is 127. The molecule has 0 aliphatic carbocycles. The molecule has 2 saturated heterocycles. The van der Waals surface area contributed by atoms with Gasteiger partial charge in [0.15, 0.2) is 0 Å². The number of benzene rings is 1. The van der Waals surface area contributed by atoms with E-state index >= 15 is 0 Å². The third kappa shape index (κ3) is 2.94. The van der Waals surface area contributed by atoms with E-state index in [9.17, 15) is 4.79 Å². The average Bonchev–Trinajstić information content (AvgIpc) is 2.46. The highest BCUT2D eigenvalue weighted by Crippen LogP contribution is 2.22. The molecule has 2 aliphatic rings. The number of fused-ring (bicyclic) bond motifs is 1. The number of hydrogen-bond acceptors (Lipinski definition) is 2. The van der Waals surface area contributed by atoms with E-state index in [4.69, 9.17) is 0 Å². The number of rotatable bonds is 1. The molecule has 0 bridgehead atoms. The fourth-order valence-corrected chi connectivity index (χ4v) is 3.69. The van der Waals surface area contributed by atoms with Crippen molar-refractivity contribution in [1.82, 2.24) is 9.80 Å². The molecule has 19 heavy (non-hydrogen) atoms. The van der Waals surface area contributed by atoms with Gasteiger partial charge in [-0.3, -0.25) is 9.69 Å². The van der Waals surface area contributed by atoms with Crippen LogP contribution < -0.4 is 0 Å². The molecule has 1 atom stereocenters. The molecule has 2 fully saturated rings. The van der Waals surface area contributed by atoms with Crippen LogP contribution in [0.1, 0.15) is 29.6 Å². The Bertz CT molecular complexity index is 477. The van der Waals surface area contributed by atoms with Gasteiger partial charge in [-0.15, -0.1) is 0 Å². The minimum atomic E-state index is 0.198. The Morgan fingerprint density at radius 2 is 2.11 bits per heavy atom. The van der Waals surface area contributed by atoms with Crippen LogP contribution in [0.15, 0.2) is 24.3 Å². The Labute approximate surface area is 128 Å². The summed E-state index contributed by atoms with van der Waals surface area (Å²) in [6.07, 6.45) is 3.88. The molecular weight excluding hydrogens is 351 g/mol. The van der Waals surface area contributed by atoms with E-state index in [0.717, 1.165) is 28.8 Å². The lowest BCUT2D eigenvalue weighted by molar-refractivity contribution is 0.0372. The van der Waals surface area contributed by atoms with Crippen molar-refractivity contribution in [3.8, 4) is 0 Å². The number of carbonyl (C=O) groups excluding carboxylic acids is 1. The number of carbonyl (C=O) groups is 1. The van der Waals surface area contributed by atoms with Crippen molar-refractivity contribution in [3.05, 3.63) is 33.4 Å². The van der Waals surface area contributed by atoms with Gasteiger partial charge < -0.3 is 4.90 Å². The lowest BCUT2D eigenvalue weighted by Crippen LogP contribution is -2.56. The van der Waals surface area contributed by atoms with Crippen molar-refractivity contribution in [2.75, 3.05) is 26.2 Å². The summed E-state index contributed by atoms with van der Waals surface area (Å²) in [4.78, 5) is 17.1. The topological polar surface area (TPSA) is 23.6 Å². The van der Waals surface area contributed by atoms with Crippen LogP contribution in [0, 0.1) is 3.57 Å². The monoisotopic (exact) mass is 370 g/mol. The van der Waals surface area contributed by atoms with Crippen LogP contribution in [0.3, 0.4) is 0 Å². The number of piperazine rings is 1. The summed E-state index contributed by atoms with van der Waals surface area (Å²) in [6, 6.07) is 8.49. The van der Waals surface area contributed by atoms with Crippen LogP contribution in [-0.4, -0.2) is 47.9 Å². The first-order valence-electron chi connectivity index (χ1n) is 7.03. The molecule has 0 radical (unpaired) electrons. The van der Waals surface area contributed by atoms with Gasteiger partial charge in [-0.05, 0) is 60.2 Å². The minimum absolute atomic E-state index is 0.198. The molecule has 0 aromatic heterocycles. The summed E-state index contributed by atoms with van der Waals surface area (Å²) in [6.45, 7) is 4.04. The molecule has 0 spiro atoms. The van der Waals surface area contributed by atoms with Crippen LogP contribution in [0.2, 0.25) is 0 Å². The summed E-state index contributed by atoms with van der Waals surface area (Å²) in [5.74, 6) is 0.198. The summed E-state index contributed by atoms with van der Waals surface area (Å²) in [7, 11) is 0. The Balaban J connectivity index is 1.71. The van der Waals surface area contributed by atoms with Crippen LogP contribution in [0.25, 0.3) is 0 Å². The second kappa shape index (κ2) is 5.79. The van der Waals surface area contributed by atoms with Crippen LogP contribution >= 0.6 is 22.6 Å². The maximum Gasteiger partial charge on any atom is 0.253 e. The second-order valence-corrected chi connectivity index (χ2v) is 6.69. The Hall–Kier alpha value is -0.620. The number of halogens is 1.